The number of hydrogen-bond acceptors (Lipinski definition) is 4. The van der Waals surface area contributed by atoms with Crippen LogP contribution in [0.5, 0.6) is 11.5 Å². The normalized spacial score (nSPS) is 12.5. The molecule has 0 atom stereocenters. The molecule has 0 fully saturated rings. The number of carbonyl (C=O) groups excluding carboxylic acids is 1. The Morgan fingerprint density at radius 2 is 2.18 bits per heavy atom. The van der Waals surface area contributed by atoms with E-state index in [2.05, 4.69) is 5.32 Å². The maximum absolute atomic E-state index is 11.3. The molecule has 1 aliphatic rings. The molecule has 1 heterocycles. The first kappa shape index (κ1) is 11.7. The molecule has 0 radical (unpaired) electrons. The summed E-state index contributed by atoms with van der Waals surface area (Å²) in [4.78, 5) is 11.3. The third kappa shape index (κ3) is 3.10. The van der Waals surface area contributed by atoms with Crippen molar-refractivity contribution in [2.45, 2.75) is 19.4 Å². The first-order valence-electron chi connectivity index (χ1n) is 5.55. The molecule has 17 heavy (non-hydrogen) atoms. The number of nitrogens with one attached hydrogen (secondary N) is 1. The average Bonchev–Trinajstić information content (AvgIpc) is 2.81. The predicted molar refractivity (Wildman–Crippen MR) is 60.7 cm³/mol. The fourth-order valence-electron chi connectivity index (χ4n) is 1.58. The van der Waals surface area contributed by atoms with E-state index < -0.39 is 0 Å². The third-order valence-corrected chi connectivity index (χ3v) is 2.49. The molecular formula is C12H15NO4. The molecule has 1 amide bonds. The van der Waals surface area contributed by atoms with Crippen molar-refractivity contribution in [3.63, 3.8) is 0 Å². The third-order valence-electron chi connectivity index (χ3n) is 2.49. The van der Waals surface area contributed by atoms with Gasteiger partial charge in [-0.05, 0) is 24.1 Å². The minimum absolute atomic E-state index is 0.0391. The molecule has 5 nitrogen and oxygen atoms in total. The molecule has 1 aromatic rings. The van der Waals surface area contributed by atoms with Crippen molar-refractivity contribution in [2.75, 3.05) is 13.4 Å². The van der Waals surface area contributed by atoms with Crippen LogP contribution in [0.2, 0.25) is 0 Å². The highest BCUT2D eigenvalue weighted by atomic mass is 16.7. The second-order valence-electron chi connectivity index (χ2n) is 3.79. The van der Waals surface area contributed by atoms with Crippen LogP contribution in [0.15, 0.2) is 18.2 Å². The standard InChI is InChI=1S/C12H15NO4/c14-5-1-2-12(15)13-7-9-3-4-10-11(6-9)17-8-16-10/h3-4,6,14H,1-2,5,7-8H2,(H,13,15). The molecule has 0 spiro atoms. The van der Waals surface area contributed by atoms with Gasteiger partial charge in [0.15, 0.2) is 11.5 Å². The monoisotopic (exact) mass is 237 g/mol. The summed E-state index contributed by atoms with van der Waals surface area (Å²) >= 11 is 0. The number of aliphatic hydroxyl groups is 1. The summed E-state index contributed by atoms with van der Waals surface area (Å²) in [5.41, 5.74) is 0.964. The maximum Gasteiger partial charge on any atom is 0.231 e. The number of benzene rings is 1. The molecule has 2 rings (SSSR count). The van der Waals surface area contributed by atoms with E-state index in [1.807, 2.05) is 18.2 Å². The number of ether oxygens (including phenoxy) is 2. The van der Waals surface area contributed by atoms with E-state index in [0.717, 1.165) is 11.3 Å². The van der Waals surface area contributed by atoms with Crippen molar-refractivity contribution < 1.29 is 19.4 Å². The minimum Gasteiger partial charge on any atom is -0.454 e. The molecule has 0 saturated heterocycles. The number of hydrogen-bond donors (Lipinski definition) is 2. The summed E-state index contributed by atoms with van der Waals surface area (Å²) in [6, 6.07) is 5.58. The summed E-state index contributed by atoms with van der Waals surface area (Å²) in [6.07, 6.45) is 0.841. The topological polar surface area (TPSA) is 67.8 Å². The largest absolute Gasteiger partial charge is 0.454 e. The van der Waals surface area contributed by atoms with Crippen molar-refractivity contribution in [2.24, 2.45) is 0 Å². The van der Waals surface area contributed by atoms with Crippen LogP contribution >= 0.6 is 0 Å². The van der Waals surface area contributed by atoms with Crippen LogP contribution in [0.4, 0.5) is 0 Å². The first-order valence-corrected chi connectivity index (χ1v) is 5.55. The SMILES string of the molecule is O=C(CCCO)NCc1ccc2c(c1)OCO2. The lowest BCUT2D eigenvalue weighted by atomic mass is 10.2. The van der Waals surface area contributed by atoms with E-state index in [4.69, 9.17) is 14.6 Å². The molecule has 0 saturated carbocycles. The Hall–Kier alpha value is -1.75. The van der Waals surface area contributed by atoms with Gasteiger partial charge in [0.1, 0.15) is 0 Å². The molecule has 1 aliphatic heterocycles. The van der Waals surface area contributed by atoms with E-state index >= 15 is 0 Å². The van der Waals surface area contributed by atoms with Crippen molar-refractivity contribution in [3.8, 4) is 11.5 Å². The fraction of sp³-hybridized carbons (Fsp3) is 0.417. The summed E-state index contributed by atoms with van der Waals surface area (Å²) in [6.45, 7) is 0.750. The van der Waals surface area contributed by atoms with Crippen molar-refractivity contribution in [3.05, 3.63) is 23.8 Å². The number of carbonyl (C=O) groups is 1. The van der Waals surface area contributed by atoms with Gasteiger partial charge in [0, 0.05) is 19.6 Å². The van der Waals surface area contributed by atoms with Gasteiger partial charge >= 0.3 is 0 Å². The van der Waals surface area contributed by atoms with Crippen LogP contribution < -0.4 is 14.8 Å². The molecule has 1 aromatic carbocycles. The molecule has 0 unspecified atom stereocenters. The Labute approximate surface area is 99.3 Å². The minimum atomic E-state index is -0.0586. The Morgan fingerprint density at radius 3 is 3.00 bits per heavy atom. The molecule has 0 bridgehead atoms. The predicted octanol–water partition coefficient (Wildman–Crippen LogP) is 0.804. The van der Waals surface area contributed by atoms with E-state index in [-0.39, 0.29) is 19.3 Å². The van der Waals surface area contributed by atoms with Gasteiger partial charge in [0.2, 0.25) is 12.7 Å². The van der Waals surface area contributed by atoms with E-state index in [0.29, 0.717) is 25.1 Å². The quantitative estimate of drug-likeness (QED) is 0.795. The van der Waals surface area contributed by atoms with Gasteiger partial charge in [-0.1, -0.05) is 6.07 Å². The Bertz CT molecular complexity index is 405. The molecular weight excluding hydrogens is 222 g/mol. The zero-order valence-electron chi connectivity index (χ0n) is 9.44. The van der Waals surface area contributed by atoms with Gasteiger partial charge < -0.3 is 19.9 Å². The van der Waals surface area contributed by atoms with Gasteiger partial charge in [-0.15, -0.1) is 0 Å². The summed E-state index contributed by atoms with van der Waals surface area (Å²) in [5.74, 6) is 1.39. The van der Waals surface area contributed by atoms with Gasteiger partial charge in [-0.2, -0.15) is 0 Å². The van der Waals surface area contributed by atoms with E-state index in [9.17, 15) is 4.79 Å². The van der Waals surface area contributed by atoms with Gasteiger partial charge in [-0.3, -0.25) is 4.79 Å². The number of rotatable bonds is 5. The molecule has 0 aliphatic carbocycles. The zero-order chi connectivity index (χ0) is 12.1. The Kier molecular flexibility index (Phi) is 3.82. The fourth-order valence-corrected chi connectivity index (χ4v) is 1.58. The van der Waals surface area contributed by atoms with Crippen LogP contribution in [-0.2, 0) is 11.3 Å². The molecule has 5 heteroatoms. The van der Waals surface area contributed by atoms with E-state index in [1.54, 1.807) is 0 Å². The Balaban J connectivity index is 1.85. The number of fused-ring (bicyclic) bond motifs is 1. The van der Waals surface area contributed by atoms with Crippen LogP contribution in [0.3, 0.4) is 0 Å². The van der Waals surface area contributed by atoms with E-state index in [1.165, 1.54) is 0 Å². The first-order chi connectivity index (χ1) is 8.29. The maximum atomic E-state index is 11.3. The highest BCUT2D eigenvalue weighted by Crippen LogP contribution is 2.32. The smallest absolute Gasteiger partial charge is 0.231 e. The Morgan fingerprint density at radius 1 is 1.35 bits per heavy atom. The van der Waals surface area contributed by atoms with Crippen LogP contribution in [0.1, 0.15) is 18.4 Å². The molecule has 0 aromatic heterocycles. The van der Waals surface area contributed by atoms with Gasteiger partial charge in [-0.25, -0.2) is 0 Å². The average molecular weight is 237 g/mol. The summed E-state index contributed by atoms with van der Waals surface area (Å²) in [7, 11) is 0. The lowest BCUT2D eigenvalue weighted by Gasteiger charge is -2.05. The van der Waals surface area contributed by atoms with Crippen molar-refractivity contribution in [1.82, 2.24) is 5.32 Å². The second kappa shape index (κ2) is 5.54. The summed E-state index contributed by atoms with van der Waals surface area (Å²) in [5, 5.41) is 11.4. The second-order valence-corrected chi connectivity index (χ2v) is 3.79. The van der Waals surface area contributed by atoms with Crippen LogP contribution in [0, 0.1) is 0 Å². The lowest BCUT2D eigenvalue weighted by molar-refractivity contribution is -0.121. The lowest BCUT2D eigenvalue weighted by Crippen LogP contribution is -2.22. The van der Waals surface area contributed by atoms with Crippen LogP contribution in [0.25, 0.3) is 0 Å². The van der Waals surface area contributed by atoms with Crippen LogP contribution in [-0.4, -0.2) is 24.4 Å². The summed E-state index contributed by atoms with van der Waals surface area (Å²) < 4.78 is 10.4. The zero-order valence-corrected chi connectivity index (χ0v) is 9.44. The highest BCUT2D eigenvalue weighted by molar-refractivity contribution is 5.75. The molecule has 2 N–H and O–H groups in total. The number of aliphatic hydroxyl groups excluding tert-OH is 1. The number of amides is 1. The van der Waals surface area contributed by atoms with Gasteiger partial charge in [0.05, 0.1) is 0 Å². The van der Waals surface area contributed by atoms with Gasteiger partial charge in [0.25, 0.3) is 0 Å². The van der Waals surface area contributed by atoms with Crippen molar-refractivity contribution >= 4 is 5.91 Å². The molecule has 92 valence electrons. The highest BCUT2D eigenvalue weighted by Gasteiger charge is 2.13. The van der Waals surface area contributed by atoms with Crippen molar-refractivity contribution in [1.29, 1.82) is 0 Å².